The minimum atomic E-state index is -1.36. The monoisotopic (exact) mass is 333 g/mol. The number of ketones is 1. The van der Waals surface area contributed by atoms with E-state index >= 15 is 0 Å². The van der Waals surface area contributed by atoms with Crippen LogP contribution in [0.1, 0.15) is 26.2 Å². The number of aliphatic carboxylic acids is 1. The van der Waals surface area contributed by atoms with E-state index in [1.54, 1.807) is 0 Å². The van der Waals surface area contributed by atoms with Crippen molar-refractivity contribution in [3.8, 4) is 0 Å². The van der Waals surface area contributed by atoms with E-state index in [-0.39, 0.29) is 24.4 Å². The number of hydrogen-bond donors (Lipinski definition) is 5. The normalized spacial score (nSPS) is 12.8. The third-order valence-corrected chi connectivity index (χ3v) is 2.91. The van der Waals surface area contributed by atoms with Gasteiger partial charge >= 0.3 is 5.97 Å². The summed E-state index contributed by atoms with van der Waals surface area (Å²) < 4.78 is 0. The van der Waals surface area contributed by atoms with Crippen molar-refractivity contribution in [1.82, 2.24) is 10.6 Å². The molecule has 0 spiro atoms. The van der Waals surface area contributed by atoms with Crippen molar-refractivity contribution in [2.24, 2.45) is 5.73 Å². The van der Waals surface area contributed by atoms with Gasteiger partial charge in [-0.3, -0.25) is 19.2 Å². The van der Waals surface area contributed by atoms with Crippen LogP contribution in [0.2, 0.25) is 0 Å². The summed E-state index contributed by atoms with van der Waals surface area (Å²) in [5.41, 5.74) is 5.12. The number of carbonyl (C=O) groups is 5. The summed E-state index contributed by atoms with van der Waals surface area (Å²) in [5, 5.41) is 13.2. The van der Waals surface area contributed by atoms with Crippen molar-refractivity contribution in [2.75, 3.05) is 5.75 Å². The summed E-state index contributed by atoms with van der Waals surface area (Å²) in [6, 6.07) is -2.49. The van der Waals surface area contributed by atoms with E-state index in [9.17, 15) is 24.0 Å². The minimum Gasteiger partial charge on any atom is -0.481 e. The Bertz CT molecular complexity index is 468. The Morgan fingerprint density at radius 3 is 2.14 bits per heavy atom. The summed E-state index contributed by atoms with van der Waals surface area (Å²) in [5.74, 6) is -4.09. The van der Waals surface area contributed by atoms with Crippen LogP contribution >= 0.6 is 12.6 Å². The lowest BCUT2D eigenvalue weighted by atomic mass is 10.1. The molecule has 22 heavy (non-hydrogen) atoms. The summed E-state index contributed by atoms with van der Waals surface area (Å²) in [6.07, 6.45) is -0.638. The average molecular weight is 333 g/mol. The third-order valence-electron chi connectivity index (χ3n) is 2.62. The second kappa shape index (κ2) is 9.77. The highest BCUT2D eigenvalue weighted by Gasteiger charge is 2.27. The topological polar surface area (TPSA) is 156 Å². The molecule has 0 aliphatic carbocycles. The van der Waals surface area contributed by atoms with Gasteiger partial charge in [-0.2, -0.15) is 12.6 Å². The molecule has 0 aromatic carbocycles. The standard InChI is InChI=1S/C12H19N3O6S/c1-6(16)2-3-7(11(13)20)15-12(21)8(4-10(18)19)14-9(17)5-22/h7-8,22H,2-5H2,1H3,(H2,13,20)(H,14,17)(H,15,21)(H,18,19)/t7-,8-/m0/s1. The van der Waals surface area contributed by atoms with Crippen molar-refractivity contribution < 1.29 is 29.1 Å². The molecule has 0 aromatic rings. The maximum absolute atomic E-state index is 12.0. The molecule has 5 N–H and O–H groups in total. The Balaban J connectivity index is 4.86. The van der Waals surface area contributed by atoms with Gasteiger partial charge in [-0.25, -0.2) is 0 Å². The second-order valence-corrected chi connectivity index (χ2v) is 4.90. The molecule has 10 heteroatoms. The molecule has 3 amide bonds. The van der Waals surface area contributed by atoms with Crippen LogP contribution in [0.25, 0.3) is 0 Å². The predicted molar refractivity (Wildman–Crippen MR) is 79.1 cm³/mol. The SMILES string of the molecule is CC(=O)CC[C@H](NC(=O)[C@H](CC(=O)O)NC(=O)CS)C(N)=O. The Morgan fingerprint density at radius 1 is 1.14 bits per heavy atom. The first-order valence-electron chi connectivity index (χ1n) is 6.38. The number of nitrogens with one attached hydrogen (secondary N) is 2. The molecule has 0 aliphatic rings. The van der Waals surface area contributed by atoms with Crippen molar-refractivity contribution in [1.29, 1.82) is 0 Å². The maximum Gasteiger partial charge on any atom is 0.305 e. The van der Waals surface area contributed by atoms with Gasteiger partial charge in [-0.15, -0.1) is 0 Å². The first-order valence-corrected chi connectivity index (χ1v) is 7.01. The number of amides is 3. The molecule has 0 aliphatic heterocycles. The highest BCUT2D eigenvalue weighted by atomic mass is 32.1. The van der Waals surface area contributed by atoms with Crippen LogP contribution in [-0.2, 0) is 24.0 Å². The zero-order valence-corrected chi connectivity index (χ0v) is 12.9. The summed E-state index contributed by atoms with van der Waals surface area (Å²) in [6.45, 7) is 1.32. The lowest BCUT2D eigenvalue weighted by Crippen LogP contribution is -2.53. The van der Waals surface area contributed by atoms with Crippen LogP contribution in [-0.4, -0.2) is 52.4 Å². The van der Waals surface area contributed by atoms with Crippen LogP contribution in [0.15, 0.2) is 0 Å². The molecule has 124 valence electrons. The number of carboxylic acid groups (broad SMARTS) is 1. The number of nitrogens with two attached hydrogens (primary N) is 1. The van der Waals surface area contributed by atoms with Crippen LogP contribution in [0.5, 0.6) is 0 Å². The Labute approximate surface area is 132 Å². The molecule has 0 heterocycles. The summed E-state index contributed by atoms with van der Waals surface area (Å²) in [4.78, 5) is 56.1. The lowest BCUT2D eigenvalue weighted by molar-refractivity contribution is -0.140. The van der Waals surface area contributed by atoms with Gasteiger partial charge in [0.1, 0.15) is 17.9 Å². The van der Waals surface area contributed by atoms with Crippen molar-refractivity contribution in [2.45, 2.75) is 38.3 Å². The number of carboxylic acids is 1. The molecule has 0 saturated carbocycles. The minimum absolute atomic E-state index is 0.00326. The van der Waals surface area contributed by atoms with E-state index in [0.29, 0.717) is 0 Å². The van der Waals surface area contributed by atoms with E-state index in [4.69, 9.17) is 10.8 Å². The van der Waals surface area contributed by atoms with Crippen molar-refractivity contribution in [3.05, 3.63) is 0 Å². The molecule has 2 atom stereocenters. The number of thiol groups is 1. The first-order chi connectivity index (χ1) is 10.2. The number of primary amides is 1. The highest BCUT2D eigenvalue weighted by Crippen LogP contribution is 2.01. The van der Waals surface area contributed by atoms with E-state index in [2.05, 4.69) is 23.3 Å². The second-order valence-electron chi connectivity index (χ2n) is 4.58. The van der Waals surface area contributed by atoms with Crippen LogP contribution in [0, 0.1) is 0 Å². The smallest absolute Gasteiger partial charge is 0.305 e. The maximum atomic E-state index is 12.0. The van der Waals surface area contributed by atoms with Gasteiger partial charge < -0.3 is 26.3 Å². The zero-order valence-electron chi connectivity index (χ0n) is 12.0. The van der Waals surface area contributed by atoms with Gasteiger partial charge in [0, 0.05) is 6.42 Å². The third kappa shape index (κ3) is 8.25. The van der Waals surface area contributed by atoms with Gasteiger partial charge in [-0.1, -0.05) is 0 Å². The molecule has 0 aromatic heterocycles. The zero-order chi connectivity index (χ0) is 17.3. The first kappa shape index (κ1) is 19.9. The van der Waals surface area contributed by atoms with Gasteiger partial charge in [0.15, 0.2) is 0 Å². The Hall–Kier alpha value is -2.10. The van der Waals surface area contributed by atoms with Gasteiger partial charge in [0.25, 0.3) is 0 Å². The molecule has 0 radical (unpaired) electrons. The fraction of sp³-hybridized carbons (Fsp3) is 0.583. The van der Waals surface area contributed by atoms with Crippen LogP contribution < -0.4 is 16.4 Å². The fourth-order valence-corrected chi connectivity index (χ4v) is 1.62. The molecular formula is C12H19N3O6S. The lowest BCUT2D eigenvalue weighted by Gasteiger charge is -2.20. The van der Waals surface area contributed by atoms with Gasteiger partial charge in [0.2, 0.25) is 17.7 Å². The van der Waals surface area contributed by atoms with E-state index < -0.39 is 42.2 Å². The van der Waals surface area contributed by atoms with Crippen molar-refractivity contribution in [3.63, 3.8) is 0 Å². The molecule has 9 nitrogen and oxygen atoms in total. The van der Waals surface area contributed by atoms with Crippen LogP contribution in [0.3, 0.4) is 0 Å². The number of carbonyl (C=O) groups excluding carboxylic acids is 4. The van der Waals surface area contributed by atoms with Gasteiger partial charge in [0.05, 0.1) is 12.2 Å². The summed E-state index contributed by atoms with van der Waals surface area (Å²) >= 11 is 3.70. The van der Waals surface area contributed by atoms with Crippen LogP contribution in [0.4, 0.5) is 0 Å². The average Bonchev–Trinajstić information content (AvgIpc) is 2.41. The van der Waals surface area contributed by atoms with Gasteiger partial charge in [-0.05, 0) is 13.3 Å². The molecule has 0 rings (SSSR count). The predicted octanol–water partition coefficient (Wildman–Crippen LogP) is -1.78. The number of Topliss-reactive ketones (excluding diaryl/α,β-unsaturated/α-hetero) is 1. The quantitative estimate of drug-likeness (QED) is 0.297. The fourth-order valence-electron chi connectivity index (χ4n) is 1.53. The van der Waals surface area contributed by atoms with E-state index in [0.717, 1.165) is 0 Å². The van der Waals surface area contributed by atoms with Crippen molar-refractivity contribution >= 4 is 42.1 Å². The number of hydrogen-bond acceptors (Lipinski definition) is 6. The van der Waals surface area contributed by atoms with E-state index in [1.807, 2.05) is 0 Å². The molecular weight excluding hydrogens is 314 g/mol. The largest absolute Gasteiger partial charge is 0.481 e. The number of rotatable bonds is 10. The Kier molecular flexibility index (Phi) is 8.83. The Morgan fingerprint density at radius 2 is 1.73 bits per heavy atom. The molecule has 0 unspecified atom stereocenters. The molecule has 0 fully saturated rings. The highest BCUT2D eigenvalue weighted by molar-refractivity contribution is 7.81. The molecule has 0 saturated heterocycles. The summed E-state index contributed by atoms with van der Waals surface area (Å²) in [7, 11) is 0. The molecule has 0 bridgehead atoms. The van der Waals surface area contributed by atoms with E-state index in [1.165, 1.54) is 6.92 Å².